The summed E-state index contributed by atoms with van der Waals surface area (Å²) in [5.74, 6) is -0.327. The average Bonchev–Trinajstić information content (AvgIpc) is 3.33. The summed E-state index contributed by atoms with van der Waals surface area (Å²) < 4.78 is 6.86. The summed E-state index contributed by atoms with van der Waals surface area (Å²) in [6, 6.07) is 17.6. The highest BCUT2D eigenvalue weighted by Crippen LogP contribution is 2.55. The third kappa shape index (κ3) is 3.42. The van der Waals surface area contributed by atoms with Gasteiger partial charge in [0.2, 0.25) is 5.91 Å². The molecule has 1 saturated carbocycles. The number of hydrogen-bond donors (Lipinski definition) is 1. The number of amides is 1. The van der Waals surface area contributed by atoms with Crippen LogP contribution in [0.1, 0.15) is 24.5 Å². The van der Waals surface area contributed by atoms with E-state index in [0.717, 1.165) is 15.6 Å². The van der Waals surface area contributed by atoms with Crippen molar-refractivity contribution in [1.82, 2.24) is 5.43 Å². The van der Waals surface area contributed by atoms with Crippen LogP contribution in [0.4, 0.5) is 0 Å². The first-order valence-electron chi connectivity index (χ1n) is 7.94. The fourth-order valence-corrected chi connectivity index (χ4v) is 3.30. The lowest BCUT2D eigenvalue weighted by molar-refractivity contribution is -0.124. The van der Waals surface area contributed by atoms with Gasteiger partial charge in [0.1, 0.15) is 5.60 Å². The van der Waals surface area contributed by atoms with Crippen molar-refractivity contribution in [3.63, 3.8) is 0 Å². The Bertz CT molecular complexity index is 748. The number of nitrogens with one attached hydrogen (secondary N) is 1. The average molecular weight is 387 g/mol. The van der Waals surface area contributed by atoms with Gasteiger partial charge < -0.3 is 4.74 Å². The largest absolute Gasteiger partial charge is 0.370 e. The molecule has 1 N–H and O–H groups in total. The molecule has 24 heavy (non-hydrogen) atoms. The highest BCUT2D eigenvalue weighted by molar-refractivity contribution is 9.10. The molecule has 0 bridgehead atoms. The molecule has 1 aliphatic carbocycles. The lowest BCUT2D eigenvalue weighted by atomic mass is 10.1. The van der Waals surface area contributed by atoms with Crippen LogP contribution >= 0.6 is 15.9 Å². The van der Waals surface area contributed by atoms with Gasteiger partial charge in [-0.15, -0.1) is 0 Å². The predicted octanol–water partition coefficient (Wildman–Crippen LogP) is 3.85. The molecule has 1 amide bonds. The van der Waals surface area contributed by atoms with E-state index in [9.17, 15) is 4.79 Å². The van der Waals surface area contributed by atoms with Gasteiger partial charge in [-0.05, 0) is 25.0 Å². The van der Waals surface area contributed by atoms with E-state index in [2.05, 4.69) is 26.5 Å². The first-order valence-corrected chi connectivity index (χ1v) is 8.73. The Hall–Kier alpha value is -1.98. The number of hydrogen-bond acceptors (Lipinski definition) is 3. The van der Waals surface area contributed by atoms with E-state index in [1.54, 1.807) is 6.21 Å². The minimum Gasteiger partial charge on any atom is -0.370 e. The van der Waals surface area contributed by atoms with E-state index in [0.29, 0.717) is 13.0 Å². The van der Waals surface area contributed by atoms with Gasteiger partial charge in [0.25, 0.3) is 0 Å². The fraction of sp³-hybridized carbons (Fsp3) is 0.263. The van der Waals surface area contributed by atoms with Crippen molar-refractivity contribution >= 4 is 28.1 Å². The number of ether oxygens (including phenoxy) is 1. The van der Waals surface area contributed by atoms with Crippen LogP contribution in [-0.4, -0.2) is 18.7 Å². The standard InChI is InChI=1S/C19H19BrN2O2/c1-2-24-19(15-9-4-3-5-10-15)12-16(19)18(23)22-21-13-14-8-6-7-11-17(14)20/h3-11,13,16H,2,12H2,1H3,(H,22,23)/b21-13+/t16-,19-/m1/s1. The molecule has 2 atom stereocenters. The van der Waals surface area contributed by atoms with Crippen LogP contribution in [0.25, 0.3) is 0 Å². The minimum atomic E-state index is -0.511. The Kier molecular flexibility index (Phi) is 5.11. The van der Waals surface area contributed by atoms with Gasteiger partial charge >= 0.3 is 0 Å². The summed E-state index contributed by atoms with van der Waals surface area (Å²) in [5, 5.41) is 4.07. The molecule has 2 aromatic carbocycles. The number of rotatable bonds is 6. The Morgan fingerprint density at radius 1 is 1.29 bits per heavy atom. The smallest absolute Gasteiger partial charge is 0.246 e. The summed E-state index contributed by atoms with van der Waals surface area (Å²) >= 11 is 3.45. The second-order valence-corrected chi connectivity index (χ2v) is 6.56. The predicted molar refractivity (Wildman–Crippen MR) is 97.7 cm³/mol. The minimum absolute atomic E-state index is 0.115. The lowest BCUT2D eigenvalue weighted by Gasteiger charge is -2.17. The highest BCUT2D eigenvalue weighted by atomic mass is 79.9. The summed E-state index contributed by atoms with van der Waals surface area (Å²) in [5.41, 5.74) is 4.08. The van der Waals surface area contributed by atoms with E-state index < -0.39 is 5.60 Å². The van der Waals surface area contributed by atoms with Crippen LogP contribution < -0.4 is 5.43 Å². The van der Waals surface area contributed by atoms with Crippen LogP contribution in [0.2, 0.25) is 0 Å². The number of nitrogens with zero attached hydrogens (tertiary/aromatic N) is 1. The maximum atomic E-state index is 12.4. The van der Waals surface area contributed by atoms with Crippen molar-refractivity contribution in [2.45, 2.75) is 18.9 Å². The Balaban J connectivity index is 1.67. The molecule has 5 heteroatoms. The summed E-state index contributed by atoms with van der Waals surface area (Å²) in [4.78, 5) is 12.4. The monoisotopic (exact) mass is 386 g/mol. The Morgan fingerprint density at radius 3 is 2.71 bits per heavy atom. The molecule has 1 aliphatic rings. The van der Waals surface area contributed by atoms with Crippen LogP contribution in [0.15, 0.2) is 64.2 Å². The summed E-state index contributed by atoms with van der Waals surface area (Å²) in [7, 11) is 0. The molecule has 0 aromatic heterocycles. The molecule has 0 unspecified atom stereocenters. The zero-order valence-electron chi connectivity index (χ0n) is 13.4. The molecular formula is C19H19BrN2O2. The third-order valence-corrected chi connectivity index (χ3v) is 4.90. The quantitative estimate of drug-likeness (QED) is 0.605. The van der Waals surface area contributed by atoms with Gasteiger partial charge in [-0.2, -0.15) is 5.10 Å². The van der Waals surface area contributed by atoms with Gasteiger partial charge in [0.15, 0.2) is 0 Å². The second-order valence-electron chi connectivity index (χ2n) is 5.70. The molecule has 0 aliphatic heterocycles. The molecular weight excluding hydrogens is 368 g/mol. The number of carbonyl (C=O) groups excluding carboxylic acids is 1. The maximum Gasteiger partial charge on any atom is 0.246 e. The van der Waals surface area contributed by atoms with Crippen molar-refractivity contribution in [3.8, 4) is 0 Å². The number of halogens is 1. The number of carbonyl (C=O) groups is 1. The fourth-order valence-electron chi connectivity index (χ4n) is 2.91. The van der Waals surface area contributed by atoms with Crippen molar-refractivity contribution in [2.24, 2.45) is 11.0 Å². The molecule has 2 aromatic rings. The zero-order valence-corrected chi connectivity index (χ0v) is 15.0. The van der Waals surface area contributed by atoms with E-state index in [1.807, 2.05) is 61.5 Å². The SMILES string of the molecule is CCO[C@@]1(c2ccccc2)C[C@@H]1C(=O)N/N=C/c1ccccc1Br. The van der Waals surface area contributed by atoms with Crippen LogP contribution in [0, 0.1) is 5.92 Å². The van der Waals surface area contributed by atoms with Crippen molar-refractivity contribution < 1.29 is 9.53 Å². The molecule has 4 nitrogen and oxygen atoms in total. The second kappa shape index (κ2) is 7.28. The van der Waals surface area contributed by atoms with Crippen LogP contribution in [0.3, 0.4) is 0 Å². The summed E-state index contributed by atoms with van der Waals surface area (Å²) in [6.45, 7) is 2.52. The third-order valence-electron chi connectivity index (χ3n) is 4.17. The lowest BCUT2D eigenvalue weighted by Crippen LogP contribution is -2.26. The van der Waals surface area contributed by atoms with Gasteiger partial charge in [-0.3, -0.25) is 4.79 Å². The highest BCUT2D eigenvalue weighted by Gasteiger charge is 2.60. The van der Waals surface area contributed by atoms with E-state index in [4.69, 9.17) is 4.74 Å². The molecule has 3 rings (SSSR count). The van der Waals surface area contributed by atoms with Crippen molar-refractivity contribution in [3.05, 3.63) is 70.2 Å². The van der Waals surface area contributed by atoms with Gasteiger partial charge in [0, 0.05) is 16.6 Å². The molecule has 124 valence electrons. The molecule has 0 radical (unpaired) electrons. The number of hydrazone groups is 1. The van der Waals surface area contributed by atoms with Crippen molar-refractivity contribution in [2.75, 3.05) is 6.61 Å². The molecule has 0 spiro atoms. The first kappa shape index (κ1) is 16.9. The van der Waals surface area contributed by atoms with E-state index in [-0.39, 0.29) is 11.8 Å². The van der Waals surface area contributed by atoms with E-state index in [1.165, 1.54) is 0 Å². The topological polar surface area (TPSA) is 50.7 Å². The zero-order chi connectivity index (χ0) is 17.0. The Morgan fingerprint density at radius 2 is 2.00 bits per heavy atom. The van der Waals surface area contributed by atoms with Gasteiger partial charge in [0.05, 0.1) is 12.1 Å². The normalized spacial score (nSPS) is 22.5. The molecule has 1 fully saturated rings. The first-order chi connectivity index (χ1) is 11.7. The van der Waals surface area contributed by atoms with Crippen LogP contribution in [-0.2, 0) is 15.1 Å². The van der Waals surface area contributed by atoms with Crippen LogP contribution in [0.5, 0.6) is 0 Å². The van der Waals surface area contributed by atoms with Gasteiger partial charge in [-0.1, -0.05) is 64.5 Å². The van der Waals surface area contributed by atoms with E-state index >= 15 is 0 Å². The van der Waals surface area contributed by atoms with Crippen molar-refractivity contribution in [1.29, 1.82) is 0 Å². The summed E-state index contributed by atoms with van der Waals surface area (Å²) in [6.07, 6.45) is 2.32. The number of benzene rings is 2. The van der Waals surface area contributed by atoms with Gasteiger partial charge in [-0.25, -0.2) is 5.43 Å². The Labute approximate surface area is 150 Å². The molecule has 0 saturated heterocycles. The molecule has 0 heterocycles. The maximum absolute atomic E-state index is 12.4.